The summed E-state index contributed by atoms with van der Waals surface area (Å²) in [6, 6.07) is 11.8. The zero-order valence-corrected chi connectivity index (χ0v) is 16.3. The number of amides is 1. The third-order valence-corrected chi connectivity index (χ3v) is 5.55. The molecule has 1 N–H and O–H groups in total. The van der Waals surface area contributed by atoms with Gasteiger partial charge in [0.1, 0.15) is 5.75 Å². The van der Waals surface area contributed by atoms with E-state index in [2.05, 4.69) is 10.4 Å². The van der Waals surface area contributed by atoms with E-state index in [1.165, 1.54) is 16.9 Å². The Kier molecular flexibility index (Phi) is 5.42. The van der Waals surface area contributed by atoms with Gasteiger partial charge in [-0.2, -0.15) is 5.10 Å². The van der Waals surface area contributed by atoms with Crippen molar-refractivity contribution >= 4 is 17.2 Å². The van der Waals surface area contributed by atoms with Crippen molar-refractivity contribution in [3.05, 3.63) is 58.2 Å². The van der Waals surface area contributed by atoms with Crippen molar-refractivity contribution in [3.8, 4) is 16.2 Å². The van der Waals surface area contributed by atoms with E-state index in [1.54, 1.807) is 7.11 Å². The highest BCUT2D eigenvalue weighted by Gasteiger charge is 2.16. The van der Waals surface area contributed by atoms with Crippen LogP contribution in [0.3, 0.4) is 0 Å². The Morgan fingerprint density at radius 3 is 2.54 bits per heavy atom. The van der Waals surface area contributed by atoms with Gasteiger partial charge < -0.3 is 10.1 Å². The number of nitrogens with one attached hydrogen (secondary N) is 1. The number of benzene rings is 1. The van der Waals surface area contributed by atoms with Gasteiger partial charge in [0.05, 0.1) is 17.7 Å². The van der Waals surface area contributed by atoms with Crippen molar-refractivity contribution in [2.45, 2.75) is 20.3 Å². The van der Waals surface area contributed by atoms with Gasteiger partial charge in [-0.3, -0.25) is 9.48 Å². The Morgan fingerprint density at radius 1 is 1.19 bits per heavy atom. The van der Waals surface area contributed by atoms with Gasteiger partial charge in [-0.1, -0.05) is 12.1 Å². The van der Waals surface area contributed by atoms with Crippen molar-refractivity contribution < 1.29 is 9.53 Å². The molecule has 0 saturated carbocycles. The number of rotatable bonds is 6. The topological polar surface area (TPSA) is 56.1 Å². The second kappa shape index (κ2) is 7.74. The van der Waals surface area contributed by atoms with Crippen LogP contribution in [0.2, 0.25) is 0 Å². The van der Waals surface area contributed by atoms with E-state index in [0.29, 0.717) is 6.54 Å². The molecule has 0 aliphatic rings. The maximum atomic E-state index is 12.4. The first-order valence-electron chi connectivity index (χ1n) is 8.51. The fraction of sp³-hybridized carbons (Fsp3) is 0.300. The van der Waals surface area contributed by atoms with Crippen molar-refractivity contribution in [1.82, 2.24) is 15.1 Å². The average Bonchev–Trinajstić information content (AvgIpc) is 3.20. The zero-order chi connectivity index (χ0) is 18.7. The highest BCUT2D eigenvalue weighted by atomic mass is 32.1. The molecule has 0 spiro atoms. The maximum Gasteiger partial charge on any atom is 0.261 e. The number of ether oxygens (including phenoxy) is 1. The van der Waals surface area contributed by atoms with Crippen molar-refractivity contribution in [2.75, 3.05) is 13.7 Å². The summed E-state index contributed by atoms with van der Waals surface area (Å²) in [5.41, 5.74) is 4.38. The lowest BCUT2D eigenvalue weighted by Crippen LogP contribution is -2.24. The molecule has 26 heavy (non-hydrogen) atoms. The van der Waals surface area contributed by atoms with Gasteiger partial charge in [0.25, 0.3) is 5.91 Å². The molecule has 2 heterocycles. The molecule has 3 aromatic rings. The highest BCUT2D eigenvalue weighted by molar-refractivity contribution is 7.17. The highest BCUT2D eigenvalue weighted by Crippen LogP contribution is 2.32. The quantitative estimate of drug-likeness (QED) is 0.720. The molecule has 1 aromatic carbocycles. The number of aryl methyl sites for hydroxylation is 2. The normalized spacial score (nSPS) is 10.8. The summed E-state index contributed by atoms with van der Waals surface area (Å²) in [5, 5.41) is 7.45. The average molecular weight is 369 g/mol. The Bertz CT molecular complexity index is 910. The van der Waals surface area contributed by atoms with Gasteiger partial charge in [0.15, 0.2) is 0 Å². The van der Waals surface area contributed by atoms with E-state index in [9.17, 15) is 4.79 Å². The summed E-state index contributed by atoms with van der Waals surface area (Å²) >= 11 is 1.51. The van der Waals surface area contributed by atoms with Crippen LogP contribution in [0, 0.1) is 13.8 Å². The van der Waals surface area contributed by atoms with Gasteiger partial charge >= 0.3 is 0 Å². The summed E-state index contributed by atoms with van der Waals surface area (Å²) in [6.07, 6.45) is 0.786. The number of hydrogen-bond donors (Lipinski definition) is 1. The van der Waals surface area contributed by atoms with E-state index in [1.807, 2.05) is 62.0 Å². The molecular weight excluding hydrogens is 346 g/mol. The Hall–Kier alpha value is -2.60. The molecule has 2 aromatic heterocycles. The minimum absolute atomic E-state index is 0.0334. The lowest BCUT2D eigenvalue weighted by atomic mass is 10.1. The second-order valence-corrected chi connectivity index (χ2v) is 7.27. The number of hydrogen-bond acceptors (Lipinski definition) is 4. The SMILES string of the molecule is COc1ccc(CCNC(=O)c2ccc(-c3c(C)nn(C)c3C)s2)cc1. The Labute approximate surface area is 157 Å². The van der Waals surface area contributed by atoms with E-state index in [4.69, 9.17) is 4.74 Å². The lowest BCUT2D eigenvalue weighted by molar-refractivity contribution is 0.0958. The molecule has 0 bridgehead atoms. The molecular formula is C20H23N3O2S. The van der Waals surface area contributed by atoms with Crippen LogP contribution in [0.1, 0.15) is 26.6 Å². The number of thiophene rings is 1. The minimum Gasteiger partial charge on any atom is -0.497 e. The summed E-state index contributed by atoms with van der Waals surface area (Å²) in [6.45, 7) is 4.64. The molecule has 6 heteroatoms. The van der Waals surface area contributed by atoms with Crippen LogP contribution in [-0.2, 0) is 13.5 Å². The summed E-state index contributed by atoms with van der Waals surface area (Å²) in [7, 11) is 3.59. The van der Waals surface area contributed by atoms with Gasteiger partial charge in [0, 0.05) is 29.7 Å². The first-order valence-corrected chi connectivity index (χ1v) is 9.32. The number of carbonyl (C=O) groups excluding carboxylic acids is 1. The molecule has 136 valence electrons. The van der Waals surface area contributed by atoms with Crippen LogP contribution in [0.4, 0.5) is 0 Å². The second-order valence-electron chi connectivity index (χ2n) is 6.19. The first kappa shape index (κ1) is 18.2. The van der Waals surface area contributed by atoms with Crippen LogP contribution in [0.15, 0.2) is 36.4 Å². The smallest absolute Gasteiger partial charge is 0.261 e. The van der Waals surface area contributed by atoms with Crippen LogP contribution < -0.4 is 10.1 Å². The molecule has 0 unspecified atom stereocenters. The van der Waals surface area contributed by atoms with Gasteiger partial charge in [-0.05, 0) is 50.1 Å². The minimum atomic E-state index is -0.0334. The fourth-order valence-electron chi connectivity index (χ4n) is 2.92. The number of carbonyl (C=O) groups is 1. The molecule has 5 nitrogen and oxygen atoms in total. The molecule has 3 rings (SSSR count). The third kappa shape index (κ3) is 3.80. The lowest BCUT2D eigenvalue weighted by Gasteiger charge is -2.05. The van der Waals surface area contributed by atoms with Crippen molar-refractivity contribution in [2.24, 2.45) is 7.05 Å². The number of methoxy groups -OCH3 is 1. The molecule has 0 radical (unpaired) electrons. The van der Waals surface area contributed by atoms with Gasteiger partial charge in [0.2, 0.25) is 0 Å². The number of aromatic nitrogens is 2. The fourth-order valence-corrected chi connectivity index (χ4v) is 4.00. The predicted molar refractivity (Wildman–Crippen MR) is 105 cm³/mol. The Balaban J connectivity index is 1.61. The van der Waals surface area contributed by atoms with E-state index < -0.39 is 0 Å². The zero-order valence-electron chi connectivity index (χ0n) is 15.5. The maximum absolute atomic E-state index is 12.4. The molecule has 0 atom stereocenters. The van der Waals surface area contributed by atoms with Crippen LogP contribution in [-0.4, -0.2) is 29.3 Å². The van der Waals surface area contributed by atoms with E-state index >= 15 is 0 Å². The van der Waals surface area contributed by atoms with Crippen molar-refractivity contribution in [3.63, 3.8) is 0 Å². The van der Waals surface area contributed by atoms with Crippen LogP contribution in [0.5, 0.6) is 5.75 Å². The van der Waals surface area contributed by atoms with Crippen LogP contribution >= 0.6 is 11.3 Å². The number of nitrogens with zero attached hydrogens (tertiary/aromatic N) is 2. The molecule has 0 saturated heterocycles. The van der Waals surface area contributed by atoms with Crippen LogP contribution in [0.25, 0.3) is 10.4 Å². The molecule has 0 aliphatic heterocycles. The van der Waals surface area contributed by atoms with Crippen molar-refractivity contribution in [1.29, 1.82) is 0 Å². The molecule has 0 fully saturated rings. The Morgan fingerprint density at radius 2 is 1.92 bits per heavy atom. The summed E-state index contributed by atoms with van der Waals surface area (Å²) in [5.74, 6) is 0.804. The van der Waals surface area contributed by atoms with Gasteiger partial charge in [-0.15, -0.1) is 11.3 Å². The first-order chi connectivity index (χ1) is 12.5. The standard InChI is InChI=1S/C20H23N3O2S/c1-13-19(14(2)23(3)22-13)17-9-10-18(26-17)20(24)21-12-11-15-5-7-16(25-4)8-6-15/h5-10H,11-12H2,1-4H3,(H,21,24). The predicted octanol–water partition coefficient (Wildman–Crippen LogP) is 3.75. The molecule has 0 aliphatic carbocycles. The molecule has 1 amide bonds. The van der Waals surface area contributed by atoms with E-state index in [0.717, 1.165) is 38.9 Å². The summed E-state index contributed by atoms with van der Waals surface area (Å²) in [4.78, 5) is 14.2. The van der Waals surface area contributed by atoms with E-state index in [-0.39, 0.29) is 5.91 Å². The largest absolute Gasteiger partial charge is 0.497 e. The van der Waals surface area contributed by atoms with Gasteiger partial charge in [-0.25, -0.2) is 0 Å². The monoisotopic (exact) mass is 369 g/mol. The third-order valence-electron chi connectivity index (χ3n) is 4.44. The summed E-state index contributed by atoms with van der Waals surface area (Å²) < 4.78 is 7.03.